The fraction of sp³-hybridized carbons (Fsp3) is 0.286. The molecule has 1 unspecified atom stereocenters. The monoisotopic (exact) mass is 186 g/mol. The smallest absolute Gasteiger partial charge is 0.0187 e. The topological polar surface area (TPSA) is 0 Å². The summed E-state index contributed by atoms with van der Waals surface area (Å²) in [6.07, 6.45) is 7.38. The largest absolute Gasteiger partial charge is 0.0990 e. The van der Waals surface area contributed by atoms with Gasteiger partial charge < -0.3 is 0 Å². The second-order valence-corrected chi connectivity index (χ2v) is 3.58. The van der Waals surface area contributed by atoms with Gasteiger partial charge in [0.05, 0.1) is 0 Å². The van der Waals surface area contributed by atoms with E-state index in [0.29, 0.717) is 5.92 Å². The molecule has 0 aliphatic carbocycles. The van der Waals surface area contributed by atoms with Gasteiger partial charge in [-0.2, -0.15) is 0 Å². The molecule has 0 heteroatoms. The molecule has 0 aliphatic heterocycles. The summed E-state index contributed by atoms with van der Waals surface area (Å²) in [5, 5.41) is 2.56. The van der Waals surface area contributed by atoms with Gasteiger partial charge in [0.2, 0.25) is 0 Å². The molecule has 0 nitrogen and oxygen atoms in total. The lowest BCUT2D eigenvalue weighted by Gasteiger charge is -1.99. The van der Waals surface area contributed by atoms with Crippen LogP contribution in [0.2, 0.25) is 0 Å². The highest BCUT2D eigenvalue weighted by Gasteiger charge is 1.91. The number of allylic oxidation sites excluding steroid dienone is 1. The van der Waals surface area contributed by atoms with Gasteiger partial charge in [0.25, 0.3) is 0 Å². The zero-order valence-corrected chi connectivity index (χ0v) is 9.03. The van der Waals surface area contributed by atoms with Crippen LogP contribution in [-0.4, -0.2) is 0 Å². The van der Waals surface area contributed by atoms with E-state index in [2.05, 4.69) is 50.8 Å². The van der Waals surface area contributed by atoms with E-state index in [4.69, 9.17) is 0 Å². The molecule has 1 aromatic rings. The van der Waals surface area contributed by atoms with Crippen LogP contribution < -0.4 is 10.4 Å². The Bertz CT molecular complexity index is 398. The first-order valence-electron chi connectivity index (χ1n) is 5.17. The molecule has 0 amide bonds. The van der Waals surface area contributed by atoms with Gasteiger partial charge in [-0.15, -0.1) is 0 Å². The average Bonchev–Trinajstić information content (AvgIpc) is 2.21. The number of hydrogen-bond acceptors (Lipinski definition) is 0. The first-order valence-corrected chi connectivity index (χ1v) is 5.17. The maximum atomic E-state index is 3.73. The van der Waals surface area contributed by atoms with E-state index in [-0.39, 0.29) is 0 Å². The maximum Gasteiger partial charge on any atom is -0.0187 e. The minimum Gasteiger partial charge on any atom is -0.0990 e. The Kier molecular flexibility index (Phi) is 4.18. The van der Waals surface area contributed by atoms with Gasteiger partial charge in [-0.05, 0) is 16.4 Å². The lowest BCUT2D eigenvalue weighted by atomic mass is 10.1. The molecule has 0 aliphatic rings. The minimum absolute atomic E-state index is 0.634. The van der Waals surface area contributed by atoms with E-state index in [1.807, 2.05) is 12.2 Å². The molecule has 0 fully saturated rings. The predicted molar refractivity (Wildman–Crippen MR) is 64.3 cm³/mol. The van der Waals surface area contributed by atoms with Crippen molar-refractivity contribution >= 4 is 12.2 Å². The summed E-state index contributed by atoms with van der Waals surface area (Å²) in [6, 6.07) is 8.41. The van der Waals surface area contributed by atoms with Crippen LogP contribution in [0.1, 0.15) is 20.3 Å². The van der Waals surface area contributed by atoms with Crippen molar-refractivity contribution in [2.75, 3.05) is 0 Å². The van der Waals surface area contributed by atoms with Crippen LogP contribution in [0.25, 0.3) is 12.2 Å². The molecule has 0 N–H and O–H groups in total. The van der Waals surface area contributed by atoms with E-state index in [1.54, 1.807) is 0 Å². The van der Waals surface area contributed by atoms with Crippen molar-refractivity contribution in [2.24, 2.45) is 5.92 Å². The Morgan fingerprint density at radius 2 is 1.93 bits per heavy atom. The van der Waals surface area contributed by atoms with Crippen LogP contribution in [0.5, 0.6) is 0 Å². The summed E-state index contributed by atoms with van der Waals surface area (Å²) >= 11 is 0. The lowest BCUT2D eigenvalue weighted by molar-refractivity contribution is 0.734. The highest BCUT2D eigenvalue weighted by molar-refractivity contribution is 5.39. The SMILES string of the molecule is C=C/C=c1/cccc/c1=C/C(C)CC. The van der Waals surface area contributed by atoms with Crippen LogP contribution in [-0.2, 0) is 0 Å². The van der Waals surface area contributed by atoms with Gasteiger partial charge in [0.1, 0.15) is 0 Å². The molecule has 0 saturated carbocycles. The Morgan fingerprint density at radius 3 is 2.50 bits per heavy atom. The normalized spacial score (nSPS) is 15.6. The van der Waals surface area contributed by atoms with Crippen LogP contribution in [0, 0.1) is 5.92 Å². The minimum atomic E-state index is 0.634. The van der Waals surface area contributed by atoms with Crippen molar-refractivity contribution in [3.63, 3.8) is 0 Å². The molecular formula is C14H18. The van der Waals surface area contributed by atoms with Crippen molar-refractivity contribution in [3.8, 4) is 0 Å². The molecular weight excluding hydrogens is 168 g/mol. The molecule has 74 valence electrons. The molecule has 1 atom stereocenters. The molecule has 0 aromatic heterocycles. The zero-order chi connectivity index (χ0) is 10.4. The lowest BCUT2D eigenvalue weighted by Crippen LogP contribution is -2.24. The molecule has 0 heterocycles. The van der Waals surface area contributed by atoms with E-state index in [1.165, 1.54) is 16.9 Å². The van der Waals surface area contributed by atoms with Crippen molar-refractivity contribution < 1.29 is 0 Å². The first kappa shape index (κ1) is 10.8. The Morgan fingerprint density at radius 1 is 1.29 bits per heavy atom. The van der Waals surface area contributed by atoms with Crippen LogP contribution in [0.15, 0.2) is 36.9 Å². The standard InChI is InChI=1S/C14H18/c1-4-8-13-9-6-7-10-14(13)11-12(3)5-2/h4,6-12H,1,5H2,2-3H3/b13-8-,14-11-. The summed E-state index contributed by atoms with van der Waals surface area (Å²) in [4.78, 5) is 0. The second kappa shape index (κ2) is 5.43. The number of hydrogen-bond donors (Lipinski definition) is 0. The van der Waals surface area contributed by atoms with E-state index in [9.17, 15) is 0 Å². The quantitative estimate of drug-likeness (QED) is 0.680. The summed E-state index contributed by atoms with van der Waals surface area (Å²) < 4.78 is 0. The van der Waals surface area contributed by atoms with Crippen molar-refractivity contribution in [1.29, 1.82) is 0 Å². The number of rotatable bonds is 3. The summed E-state index contributed by atoms with van der Waals surface area (Å²) in [5.74, 6) is 0.634. The van der Waals surface area contributed by atoms with Crippen LogP contribution >= 0.6 is 0 Å². The molecule has 0 bridgehead atoms. The fourth-order valence-corrected chi connectivity index (χ4v) is 1.37. The zero-order valence-electron chi connectivity index (χ0n) is 9.03. The highest BCUT2D eigenvalue weighted by Crippen LogP contribution is 2.00. The van der Waals surface area contributed by atoms with Gasteiger partial charge in [-0.3, -0.25) is 0 Å². The highest BCUT2D eigenvalue weighted by atomic mass is 14.0. The molecule has 0 saturated heterocycles. The van der Waals surface area contributed by atoms with E-state index >= 15 is 0 Å². The third-order valence-corrected chi connectivity index (χ3v) is 2.40. The van der Waals surface area contributed by atoms with E-state index in [0.717, 1.165) is 0 Å². The summed E-state index contributed by atoms with van der Waals surface area (Å²) in [6.45, 7) is 8.18. The van der Waals surface area contributed by atoms with Crippen molar-refractivity contribution in [3.05, 3.63) is 47.4 Å². The van der Waals surface area contributed by atoms with Gasteiger partial charge in [-0.1, -0.05) is 69.3 Å². The number of benzene rings is 1. The summed E-state index contributed by atoms with van der Waals surface area (Å²) in [7, 11) is 0. The van der Waals surface area contributed by atoms with Gasteiger partial charge in [-0.25, -0.2) is 0 Å². The van der Waals surface area contributed by atoms with Crippen molar-refractivity contribution in [1.82, 2.24) is 0 Å². The third-order valence-electron chi connectivity index (χ3n) is 2.40. The Balaban J connectivity index is 3.26. The Hall–Kier alpha value is -1.30. The fourth-order valence-electron chi connectivity index (χ4n) is 1.37. The molecule has 1 aromatic carbocycles. The van der Waals surface area contributed by atoms with Gasteiger partial charge in [0, 0.05) is 0 Å². The predicted octanol–water partition coefficient (Wildman–Crippen LogP) is 2.48. The van der Waals surface area contributed by atoms with E-state index < -0.39 is 0 Å². The second-order valence-electron chi connectivity index (χ2n) is 3.58. The molecule has 0 radical (unpaired) electrons. The average molecular weight is 186 g/mol. The molecule has 1 rings (SSSR count). The first-order chi connectivity index (χ1) is 6.77. The Labute approximate surface area is 86.3 Å². The van der Waals surface area contributed by atoms with Gasteiger partial charge >= 0.3 is 0 Å². The van der Waals surface area contributed by atoms with Crippen molar-refractivity contribution in [2.45, 2.75) is 20.3 Å². The maximum absolute atomic E-state index is 3.73. The summed E-state index contributed by atoms with van der Waals surface area (Å²) in [5.41, 5.74) is 0. The third kappa shape index (κ3) is 2.88. The molecule has 0 spiro atoms. The molecule has 14 heavy (non-hydrogen) atoms. The van der Waals surface area contributed by atoms with Gasteiger partial charge in [0.15, 0.2) is 0 Å². The van der Waals surface area contributed by atoms with Crippen LogP contribution in [0.4, 0.5) is 0 Å². The van der Waals surface area contributed by atoms with Crippen LogP contribution in [0.3, 0.4) is 0 Å².